The highest BCUT2D eigenvalue weighted by molar-refractivity contribution is 5.96. The molecule has 2 heterocycles. The molecule has 6 N–H and O–H groups in total. The second-order valence-corrected chi connectivity index (χ2v) is 15.5. The van der Waals surface area contributed by atoms with Gasteiger partial charge in [-0.1, -0.05) is 30.3 Å². The van der Waals surface area contributed by atoms with E-state index in [-0.39, 0.29) is 47.9 Å². The van der Waals surface area contributed by atoms with Gasteiger partial charge in [0.25, 0.3) is 5.91 Å². The number of piperidine rings is 1. The number of hydrogen-bond donors (Lipinski definition) is 5. The quantitative estimate of drug-likeness (QED) is 0.0675. The Labute approximate surface area is 339 Å². The summed E-state index contributed by atoms with van der Waals surface area (Å²) in [6, 6.07) is 19.3. The number of amides is 2. The molecule has 0 spiro atoms. The van der Waals surface area contributed by atoms with Crippen molar-refractivity contribution < 1.29 is 41.5 Å². The van der Waals surface area contributed by atoms with Crippen molar-refractivity contribution in [3.63, 3.8) is 0 Å². The maximum absolute atomic E-state index is 14.5. The number of H-pyrrole nitrogens is 1. The summed E-state index contributed by atoms with van der Waals surface area (Å²) in [5.74, 6) is -15.5. The molecule has 2 aliphatic rings. The number of halogens is 4. The van der Waals surface area contributed by atoms with E-state index in [4.69, 9.17) is 5.73 Å². The molecule has 0 unspecified atom stereocenters. The fourth-order valence-electron chi connectivity index (χ4n) is 7.74. The van der Waals surface area contributed by atoms with Crippen LogP contribution in [0.2, 0.25) is 0 Å². The van der Waals surface area contributed by atoms with Crippen LogP contribution in [0, 0.1) is 24.7 Å². The molecule has 1 saturated heterocycles. The third-order valence-electron chi connectivity index (χ3n) is 11.4. The molecule has 314 valence electrons. The minimum Gasteiger partial charge on any atom is -0.464 e. The molecule has 0 bridgehead atoms. The molecular formula is C43H49F4N7O5. The van der Waals surface area contributed by atoms with E-state index in [9.17, 15) is 36.7 Å². The average molecular weight is 820 g/mol. The van der Waals surface area contributed by atoms with Crippen molar-refractivity contribution in [2.24, 2.45) is 23.5 Å². The molecule has 1 atom stereocenters. The number of nitrogens with two attached hydrogens (primary N) is 1. The van der Waals surface area contributed by atoms with E-state index < -0.39 is 35.5 Å². The lowest BCUT2D eigenvalue weighted by Crippen LogP contribution is -2.46. The number of aromatic amines is 1. The van der Waals surface area contributed by atoms with Gasteiger partial charge in [0.2, 0.25) is 11.7 Å². The summed E-state index contributed by atoms with van der Waals surface area (Å²) in [7, 11) is 0.562. The van der Waals surface area contributed by atoms with E-state index in [0.29, 0.717) is 30.8 Å². The lowest BCUT2D eigenvalue weighted by molar-refractivity contribution is -0.233. The highest BCUT2D eigenvalue weighted by Crippen LogP contribution is 2.42. The normalized spacial score (nSPS) is 18.2. The molecule has 6 rings (SSSR count). The number of ether oxygens (including phenoxy) is 1. The van der Waals surface area contributed by atoms with Gasteiger partial charge in [0.15, 0.2) is 5.82 Å². The van der Waals surface area contributed by atoms with E-state index in [0.717, 1.165) is 73.9 Å². The van der Waals surface area contributed by atoms with Gasteiger partial charge in [0.1, 0.15) is 5.78 Å². The highest BCUT2D eigenvalue weighted by atomic mass is 19.3. The van der Waals surface area contributed by atoms with Crippen molar-refractivity contribution >= 4 is 29.3 Å². The number of nitrogens with zero attached hydrogens (tertiary/aromatic N) is 2. The molecule has 12 nitrogen and oxygen atoms in total. The number of aryl methyl sites for hydroxylation is 1. The summed E-state index contributed by atoms with van der Waals surface area (Å²) in [5, 5.41) is 14.7. The van der Waals surface area contributed by atoms with Crippen LogP contribution in [-0.2, 0) is 31.5 Å². The number of rotatable bonds is 15. The van der Waals surface area contributed by atoms with E-state index >= 15 is 0 Å². The van der Waals surface area contributed by atoms with Crippen molar-refractivity contribution in [3.05, 3.63) is 89.2 Å². The van der Waals surface area contributed by atoms with Crippen LogP contribution in [-0.4, -0.2) is 77.5 Å². The average Bonchev–Trinajstić information content (AvgIpc) is 3.75. The third-order valence-corrected chi connectivity index (χ3v) is 11.4. The number of alkyl halides is 4. The predicted octanol–water partition coefficient (Wildman–Crippen LogP) is 6.35. The lowest BCUT2D eigenvalue weighted by atomic mass is 9.77. The number of anilines is 1. The Morgan fingerprint density at radius 3 is 2.19 bits per heavy atom. The first-order valence-electron chi connectivity index (χ1n) is 19.8. The molecule has 1 aliphatic heterocycles. The number of methoxy groups -OCH3 is 1. The van der Waals surface area contributed by atoms with Crippen LogP contribution in [0.15, 0.2) is 66.7 Å². The minimum atomic E-state index is -5.20. The molecule has 4 aromatic rings. The van der Waals surface area contributed by atoms with Crippen molar-refractivity contribution in [1.82, 2.24) is 25.8 Å². The van der Waals surface area contributed by atoms with E-state index in [2.05, 4.69) is 30.8 Å². The van der Waals surface area contributed by atoms with Crippen molar-refractivity contribution in [2.75, 3.05) is 32.1 Å². The fraction of sp³-hybridized carbons (Fsp3) is 0.442. The summed E-state index contributed by atoms with van der Waals surface area (Å²) in [5.41, 5.74) is 10.6. The van der Waals surface area contributed by atoms with Crippen LogP contribution in [0.25, 0.3) is 22.5 Å². The standard InChI is InChI=1S/C43H49F4N7O5/c1-25-21-31(38(56)51-34-17-19-49-20-18-34)13-16-35(25)28-7-3-26(4-8-28)22-32(23-36(55)29-9-5-27(24-48)6-10-29)39(57)50-33-14-11-30(12-15-33)37-52-40(54-53-37)42(44,45)43(46,47)41(58)59-2/h3-4,7-8,11-16,21,27,29,32,34,49H,5-6,9-10,17-20,22-24,48H2,1-2H3,(H,50,57)(H,51,56)(H,52,53,54)/t27?,29?,32-/m1/s1. The second-order valence-electron chi connectivity index (χ2n) is 15.5. The number of ketones is 1. The topological polar surface area (TPSA) is 181 Å². The van der Waals surface area contributed by atoms with Gasteiger partial charge in [-0.2, -0.15) is 22.7 Å². The van der Waals surface area contributed by atoms with E-state index in [1.165, 1.54) is 24.3 Å². The molecule has 2 fully saturated rings. The van der Waals surface area contributed by atoms with Crippen LogP contribution in [0.5, 0.6) is 0 Å². The van der Waals surface area contributed by atoms with Gasteiger partial charge in [0, 0.05) is 41.1 Å². The van der Waals surface area contributed by atoms with Gasteiger partial charge >= 0.3 is 17.8 Å². The number of hydrogen-bond acceptors (Lipinski definition) is 9. The van der Waals surface area contributed by atoms with Crippen molar-refractivity contribution in [3.8, 4) is 22.5 Å². The van der Waals surface area contributed by atoms with Gasteiger partial charge in [-0.3, -0.25) is 19.5 Å². The van der Waals surface area contributed by atoms with E-state index in [1.54, 1.807) is 5.10 Å². The minimum absolute atomic E-state index is 0.0162. The summed E-state index contributed by atoms with van der Waals surface area (Å²) in [6.45, 7) is 4.30. The van der Waals surface area contributed by atoms with Crippen LogP contribution in [0.3, 0.4) is 0 Å². The van der Waals surface area contributed by atoms with E-state index in [1.807, 2.05) is 49.4 Å². The molecule has 1 aromatic heterocycles. The Balaban J connectivity index is 1.15. The largest absolute Gasteiger partial charge is 0.464 e. The number of carbonyl (C=O) groups excluding carboxylic acids is 4. The zero-order valence-electron chi connectivity index (χ0n) is 33.0. The summed E-state index contributed by atoms with van der Waals surface area (Å²) in [6.07, 6.45) is 5.24. The molecule has 2 amide bonds. The number of esters is 1. The third kappa shape index (κ3) is 10.0. The van der Waals surface area contributed by atoms with Gasteiger partial charge < -0.3 is 26.4 Å². The summed E-state index contributed by atoms with van der Waals surface area (Å²) in [4.78, 5) is 55.3. The Morgan fingerprint density at radius 1 is 0.898 bits per heavy atom. The first-order chi connectivity index (χ1) is 28.2. The number of aromatic nitrogens is 3. The highest BCUT2D eigenvalue weighted by Gasteiger charge is 2.66. The summed E-state index contributed by atoms with van der Waals surface area (Å²) >= 11 is 0. The number of benzene rings is 3. The summed E-state index contributed by atoms with van der Waals surface area (Å²) < 4.78 is 61.0. The molecule has 0 radical (unpaired) electrons. The Morgan fingerprint density at radius 2 is 1.56 bits per heavy atom. The van der Waals surface area contributed by atoms with Gasteiger partial charge in [-0.05, 0) is 136 Å². The van der Waals surface area contributed by atoms with Gasteiger partial charge in [0.05, 0.1) is 7.11 Å². The number of carbonyl (C=O) groups is 4. The van der Waals surface area contributed by atoms with Gasteiger partial charge in [-0.25, -0.2) is 9.78 Å². The van der Waals surface area contributed by atoms with Crippen molar-refractivity contribution in [2.45, 2.75) is 76.2 Å². The second kappa shape index (κ2) is 18.6. The molecule has 59 heavy (non-hydrogen) atoms. The zero-order chi connectivity index (χ0) is 42.3. The van der Waals surface area contributed by atoms with Crippen LogP contribution < -0.4 is 21.7 Å². The lowest BCUT2D eigenvalue weighted by Gasteiger charge is -2.27. The zero-order valence-corrected chi connectivity index (χ0v) is 33.0. The van der Waals surface area contributed by atoms with Crippen LogP contribution in [0.1, 0.15) is 72.3 Å². The Bertz CT molecular complexity index is 2110. The maximum Gasteiger partial charge on any atom is 0.412 e. The molecule has 16 heteroatoms. The monoisotopic (exact) mass is 819 g/mol. The molecule has 1 saturated carbocycles. The van der Waals surface area contributed by atoms with Crippen molar-refractivity contribution in [1.29, 1.82) is 0 Å². The smallest absolute Gasteiger partial charge is 0.412 e. The number of Topliss-reactive ketones (excluding diaryl/α,β-unsaturated/α-hetero) is 1. The molecule has 3 aromatic carbocycles. The fourth-order valence-corrected chi connectivity index (χ4v) is 7.74. The first-order valence-corrected chi connectivity index (χ1v) is 19.8. The Hall–Kier alpha value is -5.48. The first kappa shape index (κ1) is 43.1. The SMILES string of the molecule is COC(=O)C(F)(F)C(F)(F)c1nc(-c2ccc(NC(=O)[C@@H](CC(=O)C3CCC(CN)CC3)Cc3ccc(-c4ccc(C(=O)NC5CCNCC5)cc4C)cc3)cc2)n[nH]1. The van der Waals surface area contributed by atoms with Crippen LogP contribution >= 0.6 is 0 Å². The Kier molecular flexibility index (Phi) is 13.6. The van der Waals surface area contributed by atoms with Crippen LogP contribution in [0.4, 0.5) is 23.2 Å². The predicted molar refractivity (Wildman–Crippen MR) is 213 cm³/mol. The number of nitrogens with one attached hydrogen (secondary N) is 4. The maximum atomic E-state index is 14.5. The molecule has 1 aliphatic carbocycles. The van der Waals surface area contributed by atoms with Gasteiger partial charge in [-0.15, -0.1) is 0 Å². The molecular weight excluding hydrogens is 771 g/mol.